The molecule has 1 aromatic heterocycles. The van der Waals surface area contributed by atoms with E-state index < -0.39 is 29.7 Å². The molecule has 1 fully saturated rings. The Morgan fingerprint density at radius 1 is 1.30 bits per heavy atom. The largest absolute Gasteiger partial charge is 0.481 e. The summed E-state index contributed by atoms with van der Waals surface area (Å²) < 4.78 is 5.36. The lowest BCUT2D eigenvalue weighted by molar-refractivity contribution is -0.142. The van der Waals surface area contributed by atoms with Crippen LogP contribution < -0.4 is 10.2 Å². The Morgan fingerprint density at radius 2 is 2.03 bits per heavy atom. The second-order valence-electron chi connectivity index (χ2n) is 8.69. The van der Waals surface area contributed by atoms with Crippen LogP contribution in [0, 0.1) is 12.8 Å². The molecule has 1 amide bonds. The third kappa shape index (κ3) is 6.65. The van der Waals surface area contributed by atoms with E-state index in [0.717, 1.165) is 4.90 Å². The van der Waals surface area contributed by atoms with E-state index in [-0.39, 0.29) is 6.42 Å². The smallest absolute Gasteiger partial charge is 0.409 e. The minimum Gasteiger partial charge on any atom is -0.481 e. The number of anilines is 1. The quantitative estimate of drug-likeness (QED) is 0.548. The standard InChI is InChI=1S/C22H26Cl2N4O4S/c1-12-19(33-15-7-5-6-14(23)18(15)24)25-11-17(26-12)28-9-8-13(20(29)30)10-16(28)27-21(31)32-22(2,3)4/h5-7,11,13,16H,8-10H2,1-4H3,(H,27,31)(H,29,30). The number of benzene rings is 1. The molecule has 2 N–H and O–H groups in total. The van der Waals surface area contributed by atoms with Gasteiger partial charge in [-0.05, 0) is 52.7 Å². The zero-order valence-electron chi connectivity index (χ0n) is 18.8. The van der Waals surface area contributed by atoms with E-state index in [0.29, 0.717) is 39.5 Å². The molecule has 2 unspecified atom stereocenters. The summed E-state index contributed by atoms with van der Waals surface area (Å²) in [5, 5.41) is 13.9. The fourth-order valence-electron chi connectivity index (χ4n) is 3.41. The van der Waals surface area contributed by atoms with Crippen molar-refractivity contribution >= 4 is 52.8 Å². The van der Waals surface area contributed by atoms with Crippen molar-refractivity contribution in [3.05, 3.63) is 40.1 Å². The van der Waals surface area contributed by atoms with Crippen molar-refractivity contribution in [1.82, 2.24) is 15.3 Å². The summed E-state index contributed by atoms with van der Waals surface area (Å²) in [6, 6.07) is 5.38. The molecule has 33 heavy (non-hydrogen) atoms. The first-order valence-electron chi connectivity index (χ1n) is 10.4. The van der Waals surface area contributed by atoms with Gasteiger partial charge in [-0.15, -0.1) is 0 Å². The number of aliphatic carboxylic acids is 1. The zero-order valence-corrected chi connectivity index (χ0v) is 21.1. The number of alkyl carbamates (subject to hydrolysis) is 1. The minimum absolute atomic E-state index is 0.226. The highest BCUT2D eigenvalue weighted by molar-refractivity contribution is 7.99. The Morgan fingerprint density at radius 3 is 2.67 bits per heavy atom. The van der Waals surface area contributed by atoms with Gasteiger partial charge in [-0.25, -0.2) is 14.8 Å². The molecule has 2 aromatic rings. The van der Waals surface area contributed by atoms with Crippen LogP contribution in [0.5, 0.6) is 0 Å². The Hall–Kier alpha value is -2.23. The first-order chi connectivity index (χ1) is 15.4. The van der Waals surface area contributed by atoms with E-state index in [9.17, 15) is 14.7 Å². The van der Waals surface area contributed by atoms with Crippen molar-refractivity contribution in [1.29, 1.82) is 0 Å². The van der Waals surface area contributed by atoms with E-state index in [4.69, 9.17) is 27.9 Å². The maximum atomic E-state index is 12.4. The number of carboxylic acids is 1. The molecule has 2 atom stereocenters. The molecule has 11 heteroatoms. The normalized spacial score (nSPS) is 18.7. The van der Waals surface area contributed by atoms with Crippen LogP contribution in [0.1, 0.15) is 39.3 Å². The number of carbonyl (C=O) groups is 2. The van der Waals surface area contributed by atoms with Gasteiger partial charge in [0.25, 0.3) is 0 Å². The van der Waals surface area contributed by atoms with E-state index in [1.165, 1.54) is 11.8 Å². The van der Waals surface area contributed by atoms with Crippen LogP contribution in [0.3, 0.4) is 0 Å². The number of hydrogen-bond acceptors (Lipinski definition) is 7. The molecule has 1 aromatic carbocycles. The van der Waals surface area contributed by atoms with Gasteiger partial charge in [-0.2, -0.15) is 0 Å². The van der Waals surface area contributed by atoms with Gasteiger partial charge in [0.1, 0.15) is 22.6 Å². The van der Waals surface area contributed by atoms with Crippen LogP contribution in [0.2, 0.25) is 10.0 Å². The molecular formula is C22H26Cl2N4O4S. The summed E-state index contributed by atoms with van der Waals surface area (Å²) in [4.78, 5) is 35.8. The second kappa shape index (κ2) is 10.4. The highest BCUT2D eigenvalue weighted by atomic mass is 35.5. The molecule has 0 saturated carbocycles. The van der Waals surface area contributed by atoms with Crippen LogP contribution in [-0.4, -0.2) is 45.4 Å². The van der Waals surface area contributed by atoms with Crippen molar-refractivity contribution in [3.8, 4) is 0 Å². The summed E-state index contributed by atoms with van der Waals surface area (Å²) in [7, 11) is 0. The number of aryl methyl sites for hydroxylation is 1. The minimum atomic E-state index is -0.891. The van der Waals surface area contributed by atoms with Gasteiger partial charge in [0.2, 0.25) is 0 Å². The molecule has 0 spiro atoms. The Bertz CT molecular complexity index is 1050. The van der Waals surface area contributed by atoms with Crippen molar-refractivity contribution in [2.45, 2.75) is 62.2 Å². The number of ether oxygens (including phenoxy) is 1. The van der Waals surface area contributed by atoms with Gasteiger partial charge < -0.3 is 20.1 Å². The number of carboxylic acid groups (broad SMARTS) is 1. The number of hydrogen-bond donors (Lipinski definition) is 2. The highest BCUT2D eigenvalue weighted by Gasteiger charge is 2.35. The number of carbonyl (C=O) groups excluding carboxylic acids is 1. The molecule has 3 rings (SSSR count). The molecule has 1 saturated heterocycles. The number of nitrogens with zero attached hydrogens (tertiary/aromatic N) is 3. The van der Waals surface area contributed by atoms with Crippen LogP contribution in [0.15, 0.2) is 34.3 Å². The van der Waals surface area contributed by atoms with Crippen molar-refractivity contribution in [2.24, 2.45) is 5.92 Å². The van der Waals surface area contributed by atoms with E-state index in [1.54, 1.807) is 33.0 Å². The second-order valence-corrected chi connectivity index (χ2v) is 10.5. The van der Waals surface area contributed by atoms with E-state index in [2.05, 4.69) is 15.3 Å². The molecule has 0 aliphatic carbocycles. The third-order valence-corrected chi connectivity index (χ3v) is 7.03. The number of amides is 1. The Labute approximate surface area is 207 Å². The maximum Gasteiger partial charge on any atom is 0.409 e. The molecule has 8 nitrogen and oxygen atoms in total. The molecule has 1 aliphatic rings. The summed E-state index contributed by atoms with van der Waals surface area (Å²) in [5.41, 5.74) is -0.00273. The average Bonchev–Trinajstić information content (AvgIpc) is 2.71. The predicted octanol–water partition coefficient (Wildman–Crippen LogP) is 5.39. The first-order valence-corrected chi connectivity index (χ1v) is 12.0. The van der Waals surface area contributed by atoms with Crippen LogP contribution in [0.25, 0.3) is 0 Å². The van der Waals surface area contributed by atoms with Crippen molar-refractivity contribution in [2.75, 3.05) is 11.4 Å². The first kappa shape index (κ1) is 25.4. The Balaban J connectivity index is 1.82. The fourth-order valence-corrected chi connectivity index (χ4v) is 4.73. The van der Waals surface area contributed by atoms with Crippen LogP contribution in [-0.2, 0) is 9.53 Å². The lowest BCUT2D eigenvalue weighted by Gasteiger charge is -2.39. The number of aromatic nitrogens is 2. The lowest BCUT2D eigenvalue weighted by Crippen LogP contribution is -2.55. The van der Waals surface area contributed by atoms with E-state index >= 15 is 0 Å². The molecule has 2 heterocycles. The van der Waals surface area contributed by atoms with Gasteiger partial charge in [0.15, 0.2) is 0 Å². The Kier molecular flexibility index (Phi) is 7.97. The van der Waals surface area contributed by atoms with Gasteiger partial charge in [-0.1, -0.05) is 41.0 Å². The average molecular weight is 513 g/mol. The number of rotatable bonds is 5. The molecule has 178 valence electrons. The van der Waals surface area contributed by atoms with Crippen molar-refractivity contribution < 1.29 is 19.4 Å². The topological polar surface area (TPSA) is 105 Å². The third-order valence-electron chi connectivity index (χ3n) is 4.94. The highest BCUT2D eigenvalue weighted by Crippen LogP contribution is 2.37. The maximum absolute atomic E-state index is 12.4. The molecule has 0 bridgehead atoms. The number of piperidine rings is 1. The summed E-state index contributed by atoms with van der Waals surface area (Å²) in [5.74, 6) is -0.924. The number of halogens is 2. The summed E-state index contributed by atoms with van der Waals surface area (Å²) in [6.07, 6.45) is 1.06. The summed E-state index contributed by atoms with van der Waals surface area (Å²) >= 11 is 13.8. The van der Waals surface area contributed by atoms with Crippen molar-refractivity contribution in [3.63, 3.8) is 0 Å². The summed E-state index contributed by atoms with van der Waals surface area (Å²) in [6.45, 7) is 7.53. The molecular weight excluding hydrogens is 487 g/mol. The van der Waals surface area contributed by atoms with Crippen LogP contribution in [0.4, 0.5) is 10.6 Å². The SMILES string of the molecule is Cc1nc(N2CCC(C(=O)O)CC2NC(=O)OC(C)(C)C)cnc1Sc1cccc(Cl)c1Cl. The number of nitrogens with one attached hydrogen (secondary N) is 1. The van der Waals surface area contributed by atoms with Gasteiger partial charge in [0.05, 0.1) is 27.9 Å². The molecule has 0 radical (unpaired) electrons. The van der Waals surface area contributed by atoms with Crippen LogP contribution >= 0.6 is 35.0 Å². The predicted molar refractivity (Wildman–Crippen MR) is 128 cm³/mol. The zero-order chi connectivity index (χ0) is 24.3. The molecule has 1 aliphatic heterocycles. The van der Waals surface area contributed by atoms with E-state index in [1.807, 2.05) is 24.0 Å². The monoisotopic (exact) mass is 512 g/mol. The van der Waals surface area contributed by atoms with Gasteiger partial charge in [0, 0.05) is 11.4 Å². The fraction of sp³-hybridized carbons (Fsp3) is 0.455. The van der Waals surface area contributed by atoms with Gasteiger partial charge >= 0.3 is 12.1 Å². The van der Waals surface area contributed by atoms with Gasteiger partial charge in [-0.3, -0.25) is 4.79 Å². The lowest BCUT2D eigenvalue weighted by atomic mass is 9.94.